The summed E-state index contributed by atoms with van der Waals surface area (Å²) in [4.78, 5) is 29.6. The van der Waals surface area contributed by atoms with Crippen LogP contribution in [0.1, 0.15) is 34.3 Å². The van der Waals surface area contributed by atoms with Gasteiger partial charge in [0.15, 0.2) is 0 Å². The lowest BCUT2D eigenvalue weighted by Gasteiger charge is -2.36. The van der Waals surface area contributed by atoms with Crippen LogP contribution >= 0.6 is 0 Å². The van der Waals surface area contributed by atoms with Crippen LogP contribution in [0.25, 0.3) is 0 Å². The maximum atomic E-state index is 12.9. The molecule has 2 aromatic rings. The van der Waals surface area contributed by atoms with Gasteiger partial charge in [-0.25, -0.2) is 8.42 Å². The van der Waals surface area contributed by atoms with Crippen molar-refractivity contribution in [1.82, 2.24) is 19.4 Å². The van der Waals surface area contributed by atoms with Gasteiger partial charge >= 0.3 is 0 Å². The molecule has 188 valence electrons. The van der Waals surface area contributed by atoms with Crippen molar-refractivity contribution in [2.75, 3.05) is 45.8 Å². The molecule has 2 aliphatic rings. The molecule has 4 rings (SSSR count). The van der Waals surface area contributed by atoms with Crippen molar-refractivity contribution in [2.24, 2.45) is 0 Å². The Labute approximate surface area is 207 Å². The normalized spacial score (nSPS) is 18.4. The molecule has 2 fully saturated rings. The topological polar surface area (TPSA) is 90.0 Å². The minimum atomic E-state index is -3.51. The number of piperidine rings is 1. The van der Waals surface area contributed by atoms with E-state index in [-0.39, 0.29) is 17.9 Å². The molecule has 0 saturated carbocycles. The third-order valence-electron chi connectivity index (χ3n) is 6.92. The minimum Gasteiger partial charge on any atom is -0.349 e. The molecule has 1 N–H and O–H groups in total. The van der Waals surface area contributed by atoms with Crippen molar-refractivity contribution in [3.05, 3.63) is 65.2 Å². The number of benzene rings is 2. The van der Waals surface area contributed by atoms with E-state index in [1.54, 1.807) is 24.3 Å². The zero-order valence-electron chi connectivity index (χ0n) is 20.4. The zero-order valence-corrected chi connectivity index (χ0v) is 21.3. The molecule has 35 heavy (non-hydrogen) atoms. The number of sulfonamides is 1. The van der Waals surface area contributed by atoms with Crippen LogP contribution in [-0.4, -0.2) is 86.2 Å². The van der Waals surface area contributed by atoms with E-state index in [2.05, 4.69) is 5.32 Å². The van der Waals surface area contributed by atoms with Gasteiger partial charge in [-0.05, 0) is 50.5 Å². The first-order valence-corrected chi connectivity index (χ1v) is 13.6. The number of carbonyl (C=O) groups is 2. The van der Waals surface area contributed by atoms with E-state index in [9.17, 15) is 18.0 Å². The highest BCUT2D eigenvalue weighted by Gasteiger charge is 2.30. The van der Waals surface area contributed by atoms with Crippen LogP contribution in [0.4, 0.5) is 0 Å². The lowest BCUT2D eigenvalue weighted by atomic mass is 10.0. The van der Waals surface area contributed by atoms with E-state index in [1.807, 2.05) is 47.9 Å². The van der Waals surface area contributed by atoms with Gasteiger partial charge < -0.3 is 10.2 Å². The molecule has 2 saturated heterocycles. The summed E-state index contributed by atoms with van der Waals surface area (Å²) in [6, 6.07) is 14.5. The summed E-state index contributed by atoms with van der Waals surface area (Å²) < 4.78 is 27.3. The Balaban J connectivity index is 1.22. The Hall–Kier alpha value is -2.75. The Morgan fingerprint density at radius 1 is 0.886 bits per heavy atom. The Morgan fingerprint density at radius 2 is 1.51 bits per heavy atom. The van der Waals surface area contributed by atoms with Crippen LogP contribution in [0, 0.1) is 13.8 Å². The number of nitrogens with zero attached hydrogens (tertiary/aromatic N) is 3. The van der Waals surface area contributed by atoms with E-state index in [4.69, 9.17) is 0 Å². The third kappa shape index (κ3) is 6.09. The number of piperazine rings is 1. The lowest BCUT2D eigenvalue weighted by Crippen LogP contribution is -2.53. The number of hydrogen-bond acceptors (Lipinski definition) is 5. The second-order valence-electron chi connectivity index (χ2n) is 9.44. The molecular formula is C26H34N4O4S. The fourth-order valence-corrected chi connectivity index (χ4v) is 6.06. The molecule has 2 heterocycles. The van der Waals surface area contributed by atoms with Crippen LogP contribution < -0.4 is 5.32 Å². The fraction of sp³-hybridized carbons (Fsp3) is 0.462. The molecular weight excluding hydrogens is 464 g/mol. The first-order chi connectivity index (χ1) is 16.7. The number of likely N-dealkylation sites (tertiary alicyclic amines) is 1. The van der Waals surface area contributed by atoms with Gasteiger partial charge in [-0.1, -0.05) is 35.9 Å². The van der Waals surface area contributed by atoms with Crippen LogP contribution in [0.2, 0.25) is 0 Å². The van der Waals surface area contributed by atoms with Gasteiger partial charge in [-0.3, -0.25) is 14.5 Å². The quantitative estimate of drug-likeness (QED) is 0.658. The number of amides is 2. The maximum absolute atomic E-state index is 12.9. The molecule has 2 amide bonds. The van der Waals surface area contributed by atoms with Crippen LogP contribution in [0.3, 0.4) is 0 Å². The molecule has 8 nitrogen and oxygen atoms in total. The smallest absolute Gasteiger partial charge is 0.251 e. The minimum absolute atomic E-state index is 0.0571. The molecule has 0 radical (unpaired) electrons. The molecule has 0 unspecified atom stereocenters. The molecule has 0 aliphatic carbocycles. The average molecular weight is 499 g/mol. The molecule has 2 aromatic carbocycles. The molecule has 9 heteroatoms. The van der Waals surface area contributed by atoms with E-state index in [0.717, 1.165) is 24.0 Å². The third-order valence-corrected chi connectivity index (χ3v) is 8.83. The maximum Gasteiger partial charge on any atom is 0.251 e. The second kappa shape index (κ2) is 10.9. The van der Waals surface area contributed by atoms with Gasteiger partial charge in [0.2, 0.25) is 15.9 Å². The summed E-state index contributed by atoms with van der Waals surface area (Å²) >= 11 is 0. The first kappa shape index (κ1) is 25.3. The summed E-state index contributed by atoms with van der Waals surface area (Å²) in [5.74, 6) is -0.00476. The van der Waals surface area contributed by atoms with Crippen molar-refractivity contribution in [2.45, 2.75) is 37.6 Å². The predicted molar refractivity (Wildman–Crippen MR) is 135 cm³/mol. The monoisotopic (exact) mass is 498 g/mol. The van der Waals surface area contributed by atoms with Crippen molar-refractivity contribution in [3.63, 3.8) is 0 Å². The highest BCUT2D eigenvalue weighted by molar-refractivity contribution is 7.89. The van der Waals surface area contributed by atoms with Crippen molar-refractivity contribution in [1.29, 1.82) is 0 Å². The van der Waals surface area contributed by atoms with Crippen LogP contribution in [-0.2, 0) is 14.8 Å². The van der Waals surface area contributed by atoms with Gasteiger partial charge in [0.25, 0.3) is 5.91 Å². The van der Waals surface area contributed by atoms with Gasteiger partial charge in [-0.2, -0.15) is 4.31 Å². The molecule has 0 spiro atoms. The highest BCUT2D eigenvalue weighted by Crippen LogP contribution is 2.19. The summed E-state index contributed by atoms with van der Waals surface area (Å²) in [5.41, 5.74) is 2.66. The molecule has 0 atom stereocenters. The molecule has 0 bridgehead atoms. The summed E-state index contributed by atoms with van der Waals surface area (Å²) in [6.07, 6.45) is 1.46. The van der Waals surface area contributed by atoms with Crippen molar-refractivity contribution in [3.8, 4) is 0 Å². The second-order valence-corrected chi connectivity index (χ2v) is 11.4. The van der Waals surface area contributed by atoms with Crippen molar-refractivity contribution < 1.29 is 18.0 Å². The van der Waals surface area contributed by atoms with Crippen LogP contribution in [0.15, 0.2) is 53.4 Å². The summed E-state index contributed by atoms with van der Waals surface area (Å²) in [5, 5.41) is 3.10. The van der Waals surface area contributed by atoms with Gasteiger partial charge in [0.1, 0.15) is 0 Å². The number of hydrogen-bond donors (Lipinski definition) is 1. The molecule has 2 aliphatic heterocycles. The van der Waals surface area contributed by atoms with E-state index in [1.165, 1.54) is 4.31 Å². The number of rotatable bonds is 6. The Bertz CT molecular complexity index is 1150. The van der Waals surface area contributed by atoms with Crippen molar-refractivity contribution >= 4 is 21.8 Å². The van der Waals surface area contributed by atoms with Gasteiger partial charge in [-0.15, -0.1) is 0 Å². The fourth-order valence-electron chi connectivity index (χ4n) is 4.64. The standard InChI is InChI=1S/C26H34N4O4S/c1-20-7-9-23(10-8-20)35(33,34)30-17-15-28(16-18-30)19-25(31)29-13-11-22(12-14-29)27-26(32)24-6-4-3-5-21(24)2/h3-10,22H,11-19H2,1-2H3,(H,27,32). The van der Waals surface area contributed by atoms with Gasteiger partial charge in [0, 0.05) is 50.9 Å². The number of carbonyl (C=O) groups excluding carboxylic acids is 2. The first-order valence-electron chi connectivity index (χ1n) is 12.2. The number of aryl methyl sites for hydroxylation is 2. The zero-order chi connectivity index (χ0) is 25.0. The van der Waals surface area contributed by atoms with E-state index >= 15 is 0 Å². The highest BCUT2D eigenvalue weighted by atomic mass is 32.2. The van der Waals surface area contributed by atoms with Crippen LogP contribution in [0.5, 0.6) is 0 Å². The predicted octanol–water partition coefficient (Wildman–Crippen LogP) is 2.03. The Kier molecular flexibility index (Phi) is 7.88. The SMILES string of the molecule is Cc1ccc(S(=O)(=O)N2CCN(CC(=O)N3CCC(NC(=O)c4ccccc4C)CC3)CC2)cc1. The summed E-state index contributed by atoms with van der Waals surface area (Å²) in [6.45, 7) is 7.16. The van der Waals surface area contributed by atoms with Gasteiger partial charge in [0.05, 0.1) is 11.4 Å². The van der Waals surface area contributed by atoms with E-state index in [0.29, 0.717) is 56.3 Å². The largest absolute Gasteiger partial charge is 0.349 e. The van der Waals surface area contributed by atoms with E-state index < -0.39 is 10.0 Å². The molecule has 0 aromatic heterocycles. The lowest BCUT2D eigenvalue weighted by molar-refractivity contribution is -0.133. The number of nitrogens with one attached hydrogen (secondary N) is 1. The summed E-state index contributed by atoms with van der Waals surface area (Å²) in [7, 11) is -3.51. The average Bonchev–Trinajstić information content (AvgIpc) is 2.85. The Morgan fingerprint density at radius 3 is 2.14 bits per heavy atom.